The van der Waals surface area contributed by atoms with Gasteiger partial charge in [-0.05, 0) is 55.7 Å². The van der Waals surface area contributed by atoms with E-state index in [1.807, 2.05) is 0 Å². The van der Waals surface area contributed by atoms with E-state index < -0.39 is 0 Å². The molecule has 3 aromatic rings. The molecule has 1 aliphatic carbocycles. The van der Waals surface area contributed by atoms with E-state index in [0.29, 0.717) is 44.2 Å². The Morgan fingerprint density at radius 2 is 1.89 bits per heavy atom. The smallest absolute Gasteiger partial charge is 0.338 e. The topological polar surface area (TPSA) is 55.6 Å². The van der Waals surface area contributed by atoms with Gasteiger partial charge < -0.3 is 9.15 Å². The molecule has 1 atom stereocenters. The average molecular weight is 417 g/mol. The third-order valence-corrected chi connectivity index (χ3v) is 5.68. The predicted octanol–water partition coefficient (Wildman–Crippen LogP) is 5.20. The Labute approximate surface area is 172 Å². The molecule has 2 heterocycles. The molecule has 2 fully saturated rings. The summed E-state index contributed by atoms with van der Waals surface area (Å²) in [6.45, 7) is 1.84. The number of likely N-dealkylation sites (tertiary alicyclic amines) is 1. The molecule has 0 amide bonds. The van der Waals surface area contributed by atoms with Crippen molar-refractivity contribution in [3.05, 3.63) is 52.0 Å². The summed E-state index contributed by atoms with van der Waals surface area (Å²) in [5.74, 6) is 0.0779. The molecule has 7 heteroatoms. The first kappa shape index (κ1) is 18.0. The number of fused-ring (bicyclic) bond motifs is 1. The van der Waals surface area contributed by atoms with Crippen molar-refractivity contribution >= 4 is 40.3 Å². The predicted molar refractivity (Wildman–Crippen MR) is 108 cm³/mol. The summed E-state index contributed by atoms with van der Waals surface area (Å²) < 4.78 is 11.5. The molecule has 5 nitrogen and oxygen atoms in total. The molecule has 1 aromatic heterocycles. The van der Waals surface area contributed by atoms with Crippen molar-refractivity contribution in [1.82, 2.24) is 9.88 Å². The number of oxazole rings is 1. The van der Waals surface area contributed by atoms with Crippen LogP contribution in [0.15, 0.2) is 40.8 Å². The van der Waals surface area contributed by atoms with E-state index in [-0.39, 0.29) is 12.1 Å². The molecule has 28 heavy (non-hydrogen) atoms. The monoisotopic (exact) mass is 416 g/mol. The van der Waals surface area contributed by atoms with Gasteiger partial charge in [0.1, 0.15) is 11.6 Å². The maximum Gasteiger partial charge on any atom is 0.338 e. The molecule has 0 radical (unpaired) electrons. The van der Waals surface area contributed by atoms with E-state index in [2.05, 4.69) is 9.88 Å². The number of halogens is 2. The van der Waals surface area contributed by atoms with Gasteiger partial charge in [-0.3, -0.25) is 4.90 Å². The number of esters is 1. The second kappa shape index (κ2) is 7.07. The van der Waals surface area contributed by atoms with E-state index >= 15 is 0 Å². The zero-order valence-electron chi connectivity index (χ0n) is 15.0. The summed E-state index contributed by atoms with van der Waals surface area (Å²) in [5, 5.41) is 1.01. The Morgan fingerprint density at radius 1 is 1.11 bits per heavy atom. The van der Waals surface area contributed by atoms with Gasteiger partial charge in [0.2, 0.25) is 5.89 Å². The lowest BCUT2D eigenvalue weighted by Gasteiger charge is -2.15. The standard InChI is InChI=1S/C21H18Cl2N2O3/c22-14-7-13(8-15(23)10-14)20-24-18-4-1-12(9-19(18)28-20)21(26)27-17-5-6-25(11-17)16-2-3-16/h1,4,7-10,16-17H,2-3,5-6,11H2. The molecule has 2 aliphatic rings. The molecule has 2 aromatic carbocycles. The summed E-state index contributed by atoms with van der Waals surface area (Å²) in [4.78, 5) is 19.4. The van der Waals surface area contributed by atoms with E-state index in [9.17, 15) is 4.79 Å². The van der Waals surface area contributed by atoms with Crippen LogP contribution in [-0.4, -0.2) is 41.1 Å². The van der Waals surface area contributed by atoms with Gasteiger partial charge in [0, 0.05) is 34.7 Å². The number of carbonyl (C=O) groups excluding carboxylic acids is 1. The van der Waals surface area contributed by atoms with Crippen molar-refractivity contribution in [2.75, 3.05) is 13.1 Å². The van der Waals surface area contributed by atoms with E-state index in [0.717, 1.165) is 19.5 Å². The van der Waals surface area contributed by atoms with Crippen LogP contribution in [0.3, 0.4) is 0 Å². The minimum Gasteiger partial charge on any atom is -0.457 e. The zero-order chi connectivity index (χ0) is 19.3. The fourth-order valence-corrected chi connectivity index (χ4v) is 4.22. The Kier molecular flexibility index (Phi) is 4.54. The van der Waals surface area contributed by atoms with Crippen LogP contribution in [0.1, 0.15) is 29.6 Å². The van der Waals surface area contributed by atoms with Crippen molar-refractivity contribution in [2.45, 2.75) is 31.4 Å². The lowest BCUT2D eigenvalue weighted by atomic mass is 10.2. The van der Waals surface area contributed by atoms with Gasteiger partial charge in [-0.1, -0.05) is 23.2 Å². The van der Waals surface area contributed by atoms with Crippen LogP contribution < -0.4 is 0 Å². The summed E-state index contributed by atoms with van der Waals surface area (Å²) in [5.41, 5.74) is 2.32. The number of benzene rings is 2. The van der Waals surface area contributed by atoms with Gasteiger partial charge >= 0.3 is 5.97 Å². The maximum absolute atomic E-state index is 12.6. The maximum atomic E-state index is 12.6. The molecule has 144 valence electrons. The third kappa shape index (κ3) is 3.62. The molecule has 0 N–H and O–H groups in total. The van der Waals surface area contributed by atoms with Gasteiger partial charge in [-0.25, -0.2) is 9.78 Å². The van der Waals surface area contributed by atoms with Crippen LogP contribution in [0.2, 0.25) is 10.0 Å². The zero-order valence-corrected chi connectivity index (χ0v) is 16.5. The molecule has 1 saturated carbocycles. The number of hydrogen-bond acceptors (Lipinski definition) is 5. The second-order valence-corrected chi connectivity index (χ2v) is 8.27. The van der Waals surface area contributed by atoms with E-state index in [1.165, 1.54) is 12.8 Å². The highest BCUT2D eigenvalue weighted by molar-refractivity contribution is 6.35. The summed E-state index contributed by atoms with van der Waals surface area (Å²) in [7, 11) is 0. The van der Waals surface area contributed by atoms with Gasteiger partial charge in [-0.2, -0.15) is 0 Å². The number of carbonyl (C=O) groups is 1. The molecule has 1 unspecified atom stereocenters. The lowest BCUT2D eigenvalue weighted by molar-refractivity contribution is 0.0320. The molecular formula is C21H18Cl2N2O3. The van der Waals surface area contributed by atoms with Gasteiger partial charge in [-0.15, -0.1) is 0 Å². The Balaban J connectivity index is 1.35. The quantitative estimate of drug-likeness (QED) is 0.547. The van der Waals surface area contributed by atoms with Gasteiger partial charge in [0.25, 0.3) is 0 Å². The van der Waals surface area contributed by atoms with Gasteiger partial charge in [0.15, 0.2) is 5.58 Å². The van der Waals surface area contributed by atoms with Crippen LogP contribution in [-0.2, 0) is 4.74 Å². The van der Waals surface area contributed by atoms with Crippen LogP contribution in [0.4, 0.5) is 0 Å². The first-order chi connectivity index (χ1) is 13.5. The van der Waals surface area contributed by atoms with Crippen molar-refractivity contribution in [3.63, 3.8) is 0 Å². The fraction of sp³-hybridized carbons (Fsp3) is 0.333. The Hall–Kier alpha value is -2.08. The number of ether oxygens (including phenoxy) is 1. The average Bonchev–Trinajstić information content (AvgIpc) is 3.25. The van der Waals surface area contributed by atoms with Crippen LogP contribution >= 0.6 is 23.2 Å². The minimum absolute atomic E-state index is 0.0392. The molecule has 0 spiro atoms. The highest BCUT2D eigenvalue weighted by atomic mass is 35.5. The number of aromatic nitrogens is 1. The third-order valence-electron chi connectivity index (χ3n) is 5.25. The first-order valence-electron chi connectivity index (χ1n) is 9.37. The normalized spacial score (nSPS) is 20.0. The van der Waals surface area contributed by atoms with E-state index in [1.54, 1.807) is 36.4 Å². The van der Waals surface area contributed by atoms with Crippen LogP contribution in [0, 0.1) is 0 Å². The highest BCUT2D eigenvalue weighted by Crippen LogP contribution is 2.32. The second-order valence-electron chi connectivity index (χ2n) is 7.40. The minimum atomic E-state index is -0.326. The Morgan fingerprint density at radius 3 is 2.64 bits per heavy atom. The first-order valence-corrected chi connectivity index (χ1v) is 10.1. The fourth-order valence-electron chi connectivity index (χ4n) is 3.69. The summed E-state index contributed by atoms with van der Waals surface area (Å²) in [6.07, 6.45) is 3.39. The van der Waals surface area contributed by atoms with Crippen molar-refractivity contribution in [1.29, 1.82) is 0 Å². The summed E-state index contributed by atoms with van der Waals surface area (Å²) in [6, 6.07) is 11.0. The lowest BCUT2D eigenvalue weighted by Crippen LogP contribution is -2.26. The van der Waals surface area contributed by atoms with Crippen molar-refractivity contribution < 1.29 is 13.9 Å². The number of nitrogens with zero attached hydrogens (tertiary/aromatic N) is 2. The molecular weight excluding hydrogens is 399 g/mol. The van der Waals surface area contributed by atoms with Crippen molar-refractivity contribution in [3.8, 4) is 11.5 Å². The highest BCUT2D eigenvalue weighted by Gasteiger charge is 2.35. The molecule has 5 rings (SSSR count). The Bertz CT molecular complexity index is 1040. The largest absolute Gasteiger partial charge is 0.457 e. The number of rotatable bonds is 4. The summed E-state index contributed by atoms with van der Waals surface area (Å²) >= 11 is 12.1. The van der Waals surface area contributed by atoms with Crippen LogP contribution in [0.25, 0.3) is 22.6 Å². The number of hydrogen-bond donors (Lipinski definition) is 0. The van der Waals surface area contributed by atoms with E-state index in [4.69, 9.17) is 32.4 Å². The van der Waals surface area contributed by atoms with Crippen molar-refractivity contribution in [2.24, 2.45) is 0 Å². The molecule has 0 bridgehead atoms. The SMILES string of the molecule is O=C(OC1CCN(C2CC2)C1)c1ccc2nc(-c3cc(Cl)cc(Cl)c3)oc2c1. The van der Waals surface area contributed by atoms with Crippen LogP contribution in [0.5, 0.6) is 0 Å². The molecule has 1 aliphatic heterocycles. The van der Waals surface area contributed by atoms with Gasteiger partial charge in [0.05, 0.1) is 5.56 Å². The molecule has 1 saturated heterocycles.